The maximum atomic E-state index is 10.7. The molecular weight excluding hydrogens is 222 g/mol. The fourth-order valence-electron chi connectivity index (χ4n) is 1.92. The van der Waals surface area contributed by atoms with E-state index in [-0.39, 0.29) is 11.8 Å². The number of hydrogen-bond donors (Lipinski definition) is 3. The third-order valence-electron chi connectivity index (χ3n) is 2.89. The molecule has 1 aliphatic heterocycles. The summed E-state index contributed by atoms with van der Waals surface area (Å²) in [6.45, 7) is 1.03. The zero-order chi connectivity index (χ0) is 12.3. The Morgan fingerprint density at radius 1 is 1.47 bits per heavy atom. The molecule has 0 atom stereocenters. The van der Waals surface area contributed by atoms with E-state index in [9.17, 15) is 9.90 Å². The van der Waals surface area contributed by atoms with Crippen LogP contribution < -0.4 is 5.32 Å². The number of amides is 1. The van der Waals surface area contributed by atoms with Crippen LogP contribution in [0.1, 0.15) is 12.8 Å². The van der Waals surface area contributed by atoms with Crippen LogP contribution in [0.25, 0.3) is 0 Å². The molecule has 0 spiro atoms. The molecule has 2 heterocycles. The minimum Gasteiger partial charge on any atom is -0.504 e. The average molecular weight is 237 g/mol. The predicted octanol–water partition coefficient (Wildman–Crippen LogP) is 1.34. The second-order valence-electron chi connectivity index (χ2n) is 4.06. The van der Waals surface area contributed by atoms with Crippen molar-refractivity contribution in [3.63, 3.8) is 0 Å². The van der Waals surface area contributed by atoms with Gasteiger partial charge in [-0.3, -0.25) is 0 Å². The van der Waals surface area contributed by atoms with Gasteiger partial charge in [0.15, 0.2) is 11.6 Å². The number of hydrogen-bond acceptors (Lipinski definition) is 4. The number of nitrogens with one attached hydrogen (secondary N) is 1. The number of nitrogens with zero attached hydrogens (tertiary/aromatic N) is 2. The molecule has 3 N–H and O–H groups in total. The number of pyridine rings is 1. The standard InChI is InChI=1S/C11H15N3O3/c15-9-2-1-5-12-10(9)13-8-3-6-14(7-4-8)11(16)17/h1-2,5,8,15H,3-4,6-7H2,(H,12,13)(H,16,17). The highest BCUT2D eigenvalue weighted by atomic mass is 16.4. The summed E-state index contributed by atoms with van der Waals surface area (Å²) in [4.78, 5) is 16.2. The monoisotopic (exact) mass is 237 g/mol. The maximum Gasteiger partial charge on any atom is 0.407 e. The van der Waals surface area contributed by atoms with E-state index in [0.717, 1.165) is 12.8 Å². The van der Waals surface area contributed by atoms with Crippen molar-refractivity contribution in [2.45, 2.75) is 18.9 Å². The Labute approximate surface area is 98.9 Å². The van der Waals surface area contributed by atoms with Crippen LogP contribution in [0.15, 0.2) is 18.3 Å². The Hall–Kier alpha value is -1.98. The van der Waals surface area contributed by atoms with Gasteiger partial charge in [-0.05, 0) is 25.0 Å². The maximum absolute atomic E-state index is 10.7. The number of carbonyl (C=O) groups is 1. The molecule has 0 saturated carbocycles. The van der Waals surface area contributed by atoms with Gasteiger partial charge in [-0.1, -0.05) is 0 Å². The van der Waals surface area contributed by atoms with Gasteiger partial charge in [-0.25, -0.2) is 9.78 Å². The third kappa shape index (κ3) is 2.77. The SMILES string of the molecule is O=C(O)N1CCC(Nc2ncccc2O)CC1. The predicted molar refractivity (Wildman–Crippen MR) is 62.1 cm³/mol. The van der Waals surface area contributed by atoms with Crippen molar-refractivity contribution in [2.24, 2.45) is 0 Å². The number of aromatic hydroxyl groups is 1. The molecule has 2 rings (SSSR count). The van der Waals surface area contributed by atoms with E-state index in [1.54, 1.807) is 18.3 Å². The topological polar surface area (TPSA) is 85.7 Å². The molecule has 92 valence electrons. The fourth-order valence-corrected chi connectivity index (χ4v) is 1.92. The van der Waals surface area contributed by atoms with E-state index in [1.807, 2.05) is 0 Å². The van der Waals surface area contributed by atoms with Gasteiger partial charge in [-0.15, -0.1) is 0 Å². The fraction of sp³-hybridized carbons (Fsp3) is 0.455. The molecule has 17 heavy (non-hydrogen) atoms. The Bertz CT molecular complexity index is 403. The molecule has 1 aromatic heterocycles. The first-order valence-corrected chi connectivity index (χ1v) is 5.55. The summed E-state index contributed by atoms with van der Waals surface area (Å²) in [7, 11) is 0. The van der Waals surface area contributed by atoms with Crippen LogP contribution in [-0.4, -0.2) is 45.3 Å². The molecule has 1 saturated heterocycles. The number of piperidine rings is 1. The zero-order valence-corrected chi connectivity index (χ0v) is 9.33. The number of anilines is 1. The van der Waals surface area contributed by atoms with Gasteiger partial charge in [0.2, 0.25) is 0 Å². The van der Waals surface area contributed by atoms with Gasteiger partial charge in [0.25, 0.3) is 0 Å². The second-order valence-corrected chi connectivity index (χ2v) is 4.06. The van der Waals surface area contributed by atoms with Crippen molar-refractivity contribution < 1.29 is 15.0 Å². The van der Waals surface area contributed by atoms with E-state index < -0.39 is 6.09 Å². The molecule has 1 amide bonds. The molecule has 0 radical (unpaired) electrons. The first-order valence-electron chi connectivity index (χ1n) is 5.55. The summed E-state index contributed by atoms with van der Waals surface area (Å²) in [5, 5.41) is 21.5. The number of carboxylic acid groups (broad SMARTS) is 1. The van der Waals surface area contributed by atoms with Crippen LogP contribution in [0.3, 0.4) is 0 Å². The molecule has 6 nitrogen and oxygen atoms in total. The van der Waals surface area contributed by atoms with E-state index in [2.05, 4.69) is 10.3 Å². The van der Waals surface area contributed by atoms with E-state index in [4.69, 9.17) is 5.11 Å². The van der Waals surface area contributed by atoms with Crippen molar-refractivity contribution in [1.82, 2.24) is 9.88 Å². The zero-order valence-electron chi connectivity index (χ0n) is 9.33. The van der Waals surface area contributed by atoms with Crippen LogP contribution in [0.2, 0.25) is 0 Å². The van der Waals surface area contributed by atoms with Crippen LogP contribution in [0.5, 0.6) is 5.75 Å². The molecule has 1 fully saturated rings. The lowest BCUT2D eigenvalue weighted by atomic mass is 10.1. The highest BCUT2D eigenvalue weighted by molar-refractivity contribution is 5.65. The smallest absolute Gasteiger partial charge is 0.407 e. The molecule has 6 heteroatoms. The minimum atomic E-state index is -0.871. The number of rotatable bonds is 2. The highest BCUT2D eigenvalue weighted by Gasteiger charge is 2.22. The first kappa shape index (κ1) is 11.5. The van der Waals surface area contributed by atoms with Crippen LogP contribution >= 0.6 is 0 Å². The molecule has 0 aromatic carbocycles. The lowest BCUT2D eigenvalue weighted by Gasteiger charge is -2.30. The lowest BCUT2D eigenvalue weighted by Crippen LogP contribution is -2.41. The molecule has 1 aliphatic rings. The summed E-state index contributed by atoms with van der Waals surface area (Å²) in [6, 6.07) is 3.39. The highest BCUT2D eigenvalue weighted by Crippen LogP contribution is 2.22. The van der Waals surface area contributed by atoms with Crippen molar-refractivity contribution in [3.05, 3.63) is 18.3 Å². The quantitative estimate of drug-likeness (QED) is 0.722. The third-order valence-corrected chi connectivity index (χ3v) is 2.89. The molecule has 0 aliphatic carbocycles. The summed E-state index contributed by atoms with van der Waals surface area (Å²) < 4.78 is 0. The molecular formula is C11H15N3O3. The van der Waals surface area contributed by atoms with Gasteiger partial charge in [-0.2, -0.15) is 0 Å². The largest absolute Gasteiger partial charge is 0.504 e. The van der Waals surface area contributed by atoms with E-state index >= 15 is 0 Å². The molecule has 1 aromatic rings. The Kier molecular flexibility index (Phi) is 3.32. The van der Waals surface area contributed by atoms with Crippen LogP contribution in [-0.2, 0) is 0 Å². The van der Waals surface area contributed by atoms with Gasteiger partial charge >= 0.3 is 6.09 Å². The average Bonchev–Trinajstić information content (AvgIpc) is 2.33. The number of aromatic nitrogens is 1. The van der Waals surface area contributed by atoms with Crippen LogP contribution in [0.4, 0.5) is 10.6 Å². The molecule has 0 unspecified atom stereocenters. The van der Waals surface area contributed by atoms with E-state index in [0.29, 0.717) is 18.9 Å². The van der Waals surface area contributed by atoms with Crippen molar-refractivity contribution >= 4 is 11.9 Å². The normalized spacial score (nSPS) is 16.8. The summed E-state index contributed by atoms with van der Waals surface area (Å²) in [6.07, 6.45) is 2.18. The van der Waals surface area contributed by atoms with Gasteiger partial charge in [0.1, 0.15) is 0 Å². The first-order chi connectivity index (χ1) is 8.16. The summed E-state index contributed by atoms with van der Waals surface area (Å²) in [5.41, 5.74) is 0. The minimum absolute atomic E-state index is 0.119. The van der Waals surface area contributed by atoms with Crippen molar-refractivity contribution in [1.29, 1.82) is 0 Å². The van der Waals surface area contributed by atoms with Crippen molar-refractivity contribution in [2.75, 3.05) is 18.4 Å². The summed E-state index contributed by atoms with van der Waals surface area (Å²) >= 11 is 0. The Balaban J connectivity index is 1.90. The Morgan fingerprint density at radius 3 is 2.76 bits per heavy atom. The second kappa shape index (κ2) is 4.90. The van der Waals surface area contributed by atoms with Crippen LogP contribution in [0, 0.1) is 0 Å². The lowest BCUT2D eigenvalue weighted by molar-refractivity contribution is 0.133. The Morgan fingerprint density at radius 2 is 2.18 bits per heavy atom. The molecule has 0 bridgehead atoms. The van der Waals surface area contributed by atoms with Gasteiger partial charge < -0.3 is 20.4 Å². The van der Waals surface area contributed by atoms with Gasteiger partial charge in [0.05, 0.1) is 0 Å². The van der Waals surface area contributed by atoms with E-state index in [1.165, 1.54) is 4.90 Å². The van der Waals surface area contributed by atoms with Crippen molar-refractivity contribution in [3.8, 4) is 5.75 Å². The summed E-state index contributed by atoms with van der Waals surface area (Å²) in [5.74, 6) is 0.578. The number of likely N-dealkylation sites (tertiary alicyclic amines) is 1. The van der Waals surface area contributed by atoms with Gasteiger partial charge in [0, 0.05) is 25.3 Å².